The van der Waals surface area contributed by atoms with Crippen LogP contribution >= 0.6 is 11.8 Å². The number of hydrogen-bond donors (Lipinski definition) is 1. The maximum absolute atomic E-state index is 3.55. The van der Waals surface area contributed by atoms with Crippen LogP contribution in [0.15, 0.2) is 24.3 Å². The van der Waals surface area contributed by atoms with Gasteiger partial charge in [0.25, 0.3) is 0 Å². The summed E-state index contributed by atoms with van der Waals surface area (Å²) < 4.78 is 0. The zero-order valence-corrected chi connectivity index (χ0v) is 10.3. The van der Waals surface area contributed by atoms with Crippen molar-refractivity contribution in [3.63, 3.8) is 0 Å². The monoisotopic (exact) mass is 221 g/mol. The highest BCUT2D eigenvalue weighted by molar-refractivity contribution is 7.99. The van der Waals surface area contributed by atoms with Gasteiger partial charge in [-0.1, -0.05) is 38.1 Å². The van der Waals surface area contributed by atoms with E-state index in [0.717, 1.165) is 6.54 Å². The number of hydrogen-bond acceptors (Lipinski definition) is 2. The van der Waals surface area contributed by atoms with E-state index in [1.54, 1.807) is 0 Å². The molecule has 0 bridgehead atoms. The van der Waals surface area contributed by atoms with Crippen LogP contribution in [0, 0.1) is 0 Å². The topological polar surface area (TPSA) is 12.0 Å². The lowest BCUT2D eigenvalue weighted by atomic mass is 10.0. The molecule has 1 aliphatic rings. The molecular weight excluding hydrogens is 202 g/mol. The molecule has 2 heteroatoms. The highest BCUT2D eigenvalue weighted by Gasteiger charge is 2.14. The third-order valence-corrected chi connectivity index (χ3v) is 4.14. The minimum Gasteiger partial charge on any atom is -0.302 e. The van der Waals surface area contributed by atoms with Crippen LogP contribution in [0.1, 0.15) is 42.7 Å². The normalized spacial score (nSPS) is 21.9. The third-order valence-electron chi connectivity index (χ3n) is 2.84. The fourth-order valence-electron chi connectivity index (χ4n) is 1.84. The van der Waals surface area contributed by atoms with Gasteiger partial charge < -0.3 is 5.32 Å². The van der Waals surface area contributed by atoms with Crippen LogP contribution in [0.5, 0.6) is 0 Å². The number of thioether (sulfide) groups is 1. The second-order valence-corrected chi connectivity index (χ2v) is 5.59. The Kier molecular flexibility index (Phi) is 3.71. The lowest BCUT2D eigenvalue weighted by Crippen LogP contribution is -2.25. The van der Waals surface area contributed by atoms with Crippen molar-refractivity contribution in [2.75, 3.05) is 12.3 Å². The quantitative estimate of drug-likeness (QED) is 0.820. The summed E-state index contributed by atoms with van der Waals surface area (Å²) >= 11 is 2.02. The predicted molar refractivity (Wildman–Crippen MR) is 68.3 cm³/mol. The molecule has 1 aromatic carbocycles. The highest BCUT2D eigenvalue weighted by Crippen LogP contribution is 2.30. The molecule has 2 rings (SSSR count). The van der Waals surface area contributed by atoms with Gasteiger partial charge in [0.15, 0.2) is 0 Å². The average Bonchev–Trinajstić information content (AvgIpc) is 2.30. The van der Waals surface area contributed by atoms with Gasteiger partial charge in [0.1, 0.15) is 0 Å². The summed E-state index contributed by atoms with van der Waals surface area (Å²) in [6.45, 7) is 5.63. The first kappa shape index (κ1) is 11.0. The number of benzene rings is 1. The van der Waals surface area contributed by atoms with Crippen LogP contribution in [0.25, 0.3) is 0 Å². The summed E-state index contributed by atoms with van der Waals surface area (Å²) in [5.41, 5.74) is 2.85. The molecule has 1 atom stereocenters. The first-order valence-corrected chi connectivity index (χ1v) is 6.77. The van der Waals surface area contributed by atoms with Gasteiger partial charge in [-0.25, -0.2) is 0 Å². The smallest absolute Gasteiger partial charge is 0.0789 e. The molecule has 82 valence electrons. The summed E-state index contributed by atoms with van der Waals surface area (Å²) in [5.74, 6) is 1.91. The van der Waals surface area contributed by atoms with Gasteiger partial charge in [-0.05, 0) is 35.8 Å². The van der Waals surface area contributed by atoms with Crippen molar-refractivity contribution < 1.29 is 0 Å². The molecule has 1 heterocycles. The zero-order valence-electron chi connectivity index (χ0n) is 9.49. The first-order valence-electron chi connectivity index (χ1n) is 5.72. The largest absolute Gasteiger partial charge is 0.302 e. The first-order chi connectivity index (χ1) is 7.27. The molecule has 1 aliphatic heterocycles. The number of nitrogens with one attached hydrogen (secondary N) is 1. The average molecular weight is 221 g/mol. The minimum absolute atomic E-state index is 0.514. The summed E-state index contributed by atoms with van der Waals surface area (Å²) in [7, 11) is 0. The molecule has 1 saturated heterocycles. The van der Waals surface area contributed by atoms with E-state index in [1.165, 1.54) is 23.3 Å². The maximum atomic E-state index is 3.55. The van der Waals surface area contributed by atoms with Gasteiger partial charge in [0.05, 0.1) is 5.37 Å². The van der Waals surface area contributed by atoms with E-state index in [-0.39, 0.29) is 0 Å². The molecule has 1 nitrogen and oxygen atoms in total. The Morgan fingerprint density at radius 3 is 2.53 bits per heavy atom. The van der Waals surface area contributed by atoms with E-state index in [0.29, 0.717) is 11.3 Å². The van der Waals surface area contributed by atoms with E-state index in [2.05, 4.69) is 43.4 Å². The molecule has 1 fully saturated rings. The van der Waals surface area contributed by atoms with Crippen LogP contribution in [0.3, 0.4) is 0 Å². The summed E-state index contributed by atoms with van der Waals surface area (Å²) in [5, 5.41) is 4.06. The Balaban J connectivity index is 2.08. The standard InChI is InChI=1S/C13H19NS/c1-10(2)11-4-6-12(7-5-11)13-14-8-3-9-15-13/h4-7,10,13-14H,3,8-9H2,1-2H3. The Bertz CT molecular complexity index is 299. The molecule has 0 aromatic heterocycles. The maximum Gasteiger partial charge on any atom is 0.0789 e. The molecule has 0 saturated carbocycles. The van der Waals surface area contributed by atoms with Crippen LogP contribution < -0.4 is 5.32 Å². The predicted octanol–water partition coefficient (Wildman–Crippen LogP) is 3.54. The fourth-order valence-corrected chi connectivity index (χ4v) is 2.97. The van der Waals surface area contributed by atoms with E-state index < -0.39 is 0 Å². The Hall–Kier alpha value is -0.470. The van der Waals surface area contributed by atoms with E-state index in [4.69, 9.17) is 0 Å². The van der Waals surface area contributed by atoms with Crippen LogP contribution in [-0.4, -0.2) is 12.3 Å². The Morgan fingerprint density at radius 1 is 1.27 bits per heavy atom. The van der Waals surface area contributed by atoms with Gasteiger partial charge in [-0.2, -0.15) is 0 Å². The summed E-state index contributed by atoms with van der Waals surface area (Å²) in [6.07, 6.45) is 1.30. The van der Waals surface area contributed by atoms with Crippen molar-refractivity contribution in [3.8, 4) is 0 Å². The third kappa shape index (κ3) is 2.76. The van der Waals surface area contributed by atoms with Crippen LogP contribution in [0.2, 0.25) is 0 Å². The SMILES string of the molecule is CC(C)c1ccc(C2NCCCS2)cc1. The molecule has 0 aliphatic carbocycles. The van der Waals surface area contributed by atoms with Crippen molar-refractivity contribution in [3.05, 3.63) is 35.4 Å². The molecule has 0 amide bonds. The lowest BCUT2D eigenvalue weighted by molar-refractivity contribution is 0.643. The highest BCUT2D eigenvalue weighted by atomic mass is 32.2. The van der Waals surface area contributed by atoms with Gasteiger partial charge in [-0.3, -0.25) is 0 Å². The van der Waals surface area contributed by atoms with E-state index >= 15 is 0 Å². The van der Waals surface area contributed by atoms with Gasteiger partial charge >= 0.3 is 0 Å². The fraction of sp³-hybridized carbons (Fsp3) is 0.538. The molecule has 0 radical (unpaired) electrons. The summed E-state index contributed by atoms with van der Waals surface area (Å²) in [6, 6.07) is 9.06. The molecule has 0 spiro atoms. The van der Waals surface area contributed by atoms with Crippen molar-refractivity contribution >= 4 is 11.8 Å². The van der Waals surface area contributed by atoms with Crippen molar-refractivity contribution in [1.82, 2.24) is 5.32 Å². The van der Waals surface area contributed by atoms with Gasteiger partial charge in [0, 0.05) is 0 Å². The van der Waals surface area contributed by atoms with Gasteiger partial charge in [0.2, 0.25) is 0 Å². The number of rotatable bonds is 2. The zero-order chi connectivity index (χ0) is 10.7. The Morgan fingerprint density at radius 2 is 2.00 bits per heavy atom. The lowest BCUT2D eigenvalue weighted by Gasteiger charge is -2.23. The molecule has 1 unspecified atom stereocenters. The molecule has 15 heavy (non-hydrogen) atoms. The summed E-state index contributed by atoms with van der Waals surface area (Å²) in [4.78, 5) is 0. The van der Waals surface area contributed by atoms with E-state index in [9.17, 15) is 0 Å². The Labute approximate surface area is 96.7 Å². The van der Waals surface area contributed by atoms with Crippen molar-refractivity contribution in [1.29, 1.82) is 0 Å². The molecular formula is C13H19NS. The minimum atomic E-state index is 0.514. The van der Waals surface area contributed by atoms with Crippen LogP contribution in [0.4, 0.5) is 0 Å². The molecule has 1 aromatic rings. The van der Waals surface area contributed by atoms with Crippen molar-refractivity contribution in [2.24, 2.45) is 0 Å². The van der Waals surface area contributed by atoms with E-state index in [1.807, 2.05) is 11.8 Å². The molecule has 1 N–H and O–H groups in total. The second kappa shape index (κ2) is 5.04. The van der Waals surface area contributed by atoms with Crippen LogP contribution in [-0.2, 0) is 0 Å². The van der Waals surface area contributed by atoms with Crippen molar-refractivity contribution in [2.45, 2.75) is 31.6 Å². The van der Waals surface area contributed by atoms with Gasteiger partial charge in [-0.15, -0.1) is 11.8 Å². The second-order valence-electron chi connectivity index (χ2n) is 4.38.